The lowest BCUT2D eigenvalue weighted by molar-refractivity contribution is -0.870. The lowest BCUT2D eigenvalue weighted by atomic mass is 10.0. The van der Waals surface area contributed by atoms with Gasteiger partial charge in [0, 0.05) is 6.42 Å². The van der Waals surface area contributed by atoms with E-state index in [-0.39, 0.29) is 19.1 Å². The summed E-state index contributed by atoms with van der Waals surface area (Å²) in [5.74, 6) is -0.176. The third-order valence-corrected chi connectivity index (χ3v) is 13.7. The van der Waals surface area contributed by atoms with E-state index in [0.717, 1.165) is 32.1 Å². The molecule has 0 aromatic heterocycles. The van der Waals surface area contributed by atoms with Crippen molar-refractivity contribution in [1.82, 2.24) is 5.32 Å². The van der Waals surface area contributed by atoms with Gasteiger partial charge in [0.1, 0.15) is 13.2 Å². The van der Waals surface area contributed by atoms with E-state index < -0.39 is 20.0 Å². The van der Waals surface area contributed by atoms with E-state index in [2.05, 4.69) is 19.2 Å². The molecule has 0 aliphatic rings. The van der Waals surface area contributed by atoms with Crippen LogP contribution in [0.4, 0.5) is 0 Å². The summed E-state index contributed by atoms with van der Waals surface area (Å²) in [7, 11) is 1.59. The van der Waals surface area contributed by atoms with Gasteiger partial charge in [-0.2, -0.15) is 0 Å². The number of aliphatic hydroxyl groups excluding tert-OH is 1. The zero-order chi connectivity index (χ0) is 46.4. The minimum absolute atomic E-state index is 0.0647. The van der Waals surface area contributed by atoms with Crippen molar-refractivity contribution in [3.05, 3.63) is 12.2 Å². The standard InChI is InChI=1S/C54H109N2O6P/c1-6-8-10-12-14-16-18-19-20-21-22-23-24-25-26-27-28-29-30-31-32-33-34-35-36-37-38-39-41-43-45-47-53(57)52(51-62-63(59,60)61-50-49-56(3,4)5)55-54(58)48-46-44-42-40-17-15-13-11-9-7-2/h45,47,52-53,57H,6-44,46,48-51H2,1-5H3,(H-,55,58,59,60)/p+1/b47-45+. The maximum Gasteiger partial charge on any atom is 0.472 e. The Labute approximate surface area is 392 Å². The largest absolute Gasteiger partial charge is 0.472 e. The number of hydrogen-bond donors (Lipinski definition) is 3. The summed E-state index contributed by atoms with van der Waals surface area (Å²) < 4.78 is 23.6. The zero-order valence-electron chi connectivity index (χ0n) is 42.8. The van der Waals surface area contributed by atoms with Crippen molar-refractivity contribution in [3.8, 4) is 0 Å². The second-order valence-corrected chi connectivity index (χ2v) is 21.8. The van der Waals surface area contributed by atoms with Gasteiger partial charge < -0.3 is 19.8 Å². The molecule has 8 nitrogen and oxygen atoms in total. The number of quaternary nitrogens is 1. The van der Waals surface area contributed by atoms with Crippen LogP contribution in [0.2, 0.25) is 0 Å². The number of rotatable bonds is 51. The molecule has 3 N–H and O–H groups in total. The minimum Gasteiger partial charge on any atom is -0.387 e. The van der Waals surface area contributed by atoms with Crippen LogP contribution in [0.5, 0.6) is 0 Å². The highest BCUT2D eigenvalue weighted by Crippen LogP contribution is 2.43. The van der Waals surface area contributed by atoms with Gasteiger partial charge in [-0.3, -0.25) is 13.8 Å². The molecular formula is C54H110N2O6P+. The fraction of sp³-hybridized carbons (Fsp3) is 0.944. The highest BCUT2D eigenvalue weighted by atomic mass is 31.2. The van der Waals surface area contributed by atoms with Crippen LogP contribution >= 0.6 is 7.82 Å². The molecule has 3 unspecified atom stereocenters. The van der Waals surface area contributed by atoms with E-state index in [9.17, 15) is 19.4 Å². The van der Waals surface area contributed by atoms with E-state index in [1.165, 1.54) is 225 Å². The van der Waals surface area contributed by atoms with E-state index >= 15 is 0 Å². The van der Waals surface area contributed by atoms with Crippen LogP contribution in [0.15, 0.2) is 12.2 Å². The fourth-order valence-electron chi connectivity index (χ4n) is 8.40. The number of carbonyl (C=O) groups excluding carboxylic acids is 1. The van der Waals surface area contributed by atoms with Gasteiger partial charge in [-0.05, 0) is 19.3 Å². The number of carbonyl (C=O) groups is 1. The summed E-state index contributed by atoms with van der Waals surface area (Å²) in [6.07, 6.45) is 56.2. The molecule has 376 valence electrons. The Hall–Kier alpha value is -0.760. The SMILES string of the molecule is CCCCCCCCCCCCCCCCCCCCCCCCCCCCCCC/C=C/C(O)C(COP(=O)(O)OCC[N+](C)(C)C)NC(=O)CCCCCCCCCCCC. The van der Waals surface area contributed by atoms with Crippen LogP contribution < -0.4 is 5.32 Å². The Morgan fingerprint density at radius 1 is 0.524 bits per heavy atom. The predicted octanol–water partition coefficient (Wildman–Crippen LogP) is 16.3. The van der Waals surface area contributed by atoms with Crippen molar-refractivity contribution < 1.29 is 32.9 Å². The van der Waals surface area contributed by atoms with Gasteiger partial charge in [-0.25, -0.2) is 4.57 Å². The van der Waals surface area contributed by atoms with E-state index in [4.69, 9.17) is 9.05 Å². The number of allylic oxidation sites excluding steroid dienone is 1. The van der Waals surface area contributed by atoms with Crippen LogP contribution in [-0.4, -0.2) is 73.4 Å². The van der Waals surface area contributed by atoms with Crippen LogP contribution in [0, 0.1) is 0 Å². The maximum absolute atomic E-state index is 12.8. The molecule has 9 heteroatoms. The number of nitrogens with zero attached hydrogens (tertiary/aromatic N) is 1. The van der Waals surface area contributed by atoms with Crippen molar-refractivity contribution in [2.24, 2.45) is 0 Å². The molecule has 0 saturated heterocycles. The third kappa shape index (κ3) is 49.0. The number of likely N-dealkylation sites (N-methyl/N-ethyl adjacent to an activating group) is 1. The lowest BCUT2D eigenvalue weighted by Crippen LogP contribution is -2.45. The molecule has 0 rings (SSSR count). The number of unbranched alkanes of at least 4 members (excludes halogenated alkanes) is 38. The van der Waals surface area contributed by atoms with Gasteiger partial charge in [-0.15, -0.1) is 0 Å². The molecule has 3 atom stereocenters. The second-order valence-electron chi connectivity index (χ2n) is 20.3. The smallest absolute Gasteiger partial charge is 0.387 e. The Bertz CT molecular complexity index is 1040. The third-order valence-electron chi connectivity index (χ3n) is 12.8. The monoisotopic (exact) mass is 914 g/mol. The molecule has 1 amide bonds. The van der Waals surface area contributed by atoms with Gasteiger partial charge in [0.15, 0.2) is 0 Å². The first-order chi connectivity index (χ1) is 30.5. The summed E-state index contributed by atoms with van der Waals surface area (Å²) in [5, 5.41) is 13.9. The van der Waals surface area contributed by atoms with Crippen molar-refractivity contribution >= 4 is 13.7 Å². The summed E-state index contributed by atoms with van der Waals surface area (Å²) in [6, 6.07) is -0.840. The van der Waals surface area contributed by atoms with Crippen molar-refractivity contribution in [3.63, 3.8) is 0 Å². The van der Waals surface area contributed by atoms with E-state index in [1.54, 1.807) is 6.08 Å². The predicted molar refractivity (Wildman–Crippen MR) is 272 cm³/mol. The molecule has 0 heterocycles. The van der Waals surface area contributed by atoms with Gasteiger partial charge in [-0.1, -0.05) is 264 Å². The Morgan fingerprint density at radius 3 is 1.17 bits per heavy atom. The fourth-order valence-corrected chi connectivity index (χ4v) is 9.13. The van der Waals surface area contributed by atoms with Gasteiger partial charge in [0.05, 0.1) is 39.9 Å². The summed E-state index contributed by atoms with van der Waals surface area (Å²) in [5.41, 5.74) is 0. The summed E-state index contributed by atoms with van der Waals surface area (Å²) >= 11 is 0. The molecule has 0 bridgehead atoms. The zero-order valence-corrected chi connectivity index (χ0v) is 43.7. The van der Waals surface area contributed by atoms with Crippen molar-refractivity contribution in [2.45, 2.75) is 289 Å². The average Bonchev–Trinajstić information content (AvgIpc) is 3.24. The number of hydrogen-bond acceptors (Lipinski definition) is 5. The number of nitrogens with one attached hydrogen (secondary N) is 1. The molecule has 0 aliphatic heterocycles. The van der Waals surface area contributed by atoms with Crippen molar-refractivity contribution in [1.29, 1.82) is 0 Å². The molecule has 0 aliphatic carbocycles. The first-order valence-corrected chi connectivity index (χ1v) is 29.1. The number of phosphoric acid groups is 1. The lowest BCUT2D eigenvalue weighted by Gasteiger charge is -2.25. The molecule has 0 fully saturated rings. The van der Waals surface area contributed by atoms with Gasteiger partial charge in [0.2, 0.25) is 5.91 Å². The van der Waals surface area contributed by atoms with Crippen LogP contribution in [0.25, 0.3) is 0 Å². The highest BCUT2D eigenvalue weighted by molar-refractivity contribution is 7.47. The summed E-state index contributed by atoms with van der Waals surface area (Å²) in [4.78, 5) is 23.1. The molecule has 0 radical (unpaired) electrons. The second kappa shape index (κ2) is 46.4. The van der Waals surface area contributed by atoms with Crippen LogP contribution in [0.1, 0.15) is 277 Å². The molecular weight excluding hydrogens is 804 g/mol. The van der Waals surface area contributed by atoms with E-state index in [0.29, 0.717) is 17.4 Å². The quantitative estimate of drug-likeness (QED) is 0.0243. The highest BCUT2D eigenvalue weighted by Gasteiger charge is 2.27. The topological polar surface area (TPSA) is 105 Å². The Morgan fingerprint density at radius 2 is 0.841 bits per heavy atom. The normalized spacial score (nSPS) is 14.1. The molecule has 0 aromatic carbocycles. The van der Waals surface area contributed by atoms with Gasteiger partial charge in [0.25, 0.3) is 0 Å². The first-order valence-electron chi connectivity index (χ1n) is 27.6. The Balaban J connectivity index is 4.00. The number of aliphatic hydroxyl groups is 1. The first kappa shape index (κ1) is 62.2. The van der Waals surface area contributed by atoms with Crippen molar-refractivity contribution in [2.75, 3.05) is 40.9 Å². The molecule has 0 aromatic rings. The molecule has 63 heavy (non-hydrogen) atoms. The maximum atomic E-state index is 12.8. The summed E-state index contributed by atoms with van der Waals surface area (Å²) in [6.45, 7) is 4.83. The molecule has 0 saturated carbocycles. The van der Waals surface area contributed by atoms with Crippen LogP contribution in [-0.2, 0) is 18.4 Å². The minimum atomic E-state index is -4.33. The number of amides is 1. The molecule has 0 spiro atoms. The average molecular weight is 914 g/mol. The Kier molecular flexibility index (Phi) is 45.8. The van der Waals surface area contributed by atoms with Gasteiger partial charge >= 0.3 is 7.82 Å². The van der Waals surface area contributed by atoms with E-state index in [1.807, 2.05) is 27.2 Å². The number of phosphoric ester groups is 1. The van der Waals surface area contributed by atoms with Crippen LogP contribution in [0.3, 0.4) is 0 Å².